The van der Waals surface area contributed by atoms with Crippen molar-refractivity contribution in [2.24, 2.45) is 5.92 Å². The maximum atomic E-state index is 14.0. The topological polar surface area (TPSA) is 55.6 Å². The van der Waals surface area contributed by atoms with Crippen LogP contribution < -0.4 is 15.4 Å². The Labute approximate surface area is 134 Å². The Morgan fingerprint density at radius 2 is 2.00 bits per heavy atom. The highest BCUT2D eigenvalue weighted by molar-refractivity contribution is 6.00. The molecular weight excluding hydrogens is 295 g/mol. The van der Waals surface area contributed by atoms with Crippen LogP contribution in [0.5, 0.6) is 5.75 Å². The first-order chi connectivity index (χ1) is 11.0. The van der Waals surface area contributed by atoms with Crippen molar-refractivity contribution < 1.29 is 13.9 Å². The van der Waals surface area contributed by atoms with Gasteiger partial charge in [0.05, 0.1) is 12.2 Å². The van der Waals surface area contributed by atoms with E-state index in [-0.39, 0.29) is 24.2 Å². The van der Waals surface area contributed by atoms with Crippen LogP contribution in [0.2, 0.25) is 0 Å². The average Bonchev–Trinajstić information content (AvgIpc) is 2.51. The number of nitrogens with zero attached hydrogens (tertiary/aromatic N) is 1. The zero-order chi connectivity index (χ0) is 16.6. The van der Waals surface area contributed by atoms with E-state index in [9.17, 15) is 9.18 Å². The lowest BCUT2D eigenvalue weighted by Gasteiger charge is -2.36. The molecule has 1 heterocycles. The van der Waals surface area contributed by atoms with E-state index in [1.54, 1.807) is 41.3 Å². The first kappa shape index (κ1) is 15.3. The van der Waals surface area contributed by atoms with Crippen LogP contribution in [0.4, 0.5) is 15.8 Å². The number of carbonyl (C=O) groups is 1. The van der Waals surface area contributed by atoms with Gasteiger partial charge in [0.15, 0.2) is 6.10 Å². The van der Waals surface area contributed by atoms with Gasteiger partial charge < -0.3 is 15.4 Å². The maximum absolute atomic E-state index is 14.0. The van der Waals surface area contributed by atoms with Crippen molar-refractivity contribution in [1.82, 2.24) is 0 Å². The standard InChI is InChI=1S/C18H19FN2O2/c1-11(2)17-18(22)21(10-12-5-3-4-6-14(12)19)15-9-13(20)7-8-16(15)23-17/h3-9,11,17H,10,20H2,1-2H3/t17-/m1/s1. The summed E-state index contributed by atoms with van der Waals surface area (Å²) in [6, 6.07) is 11.6. The second-order valence-electron chi connectivity index (χ2n) is 6.03. The molecule has 2 N–H and O–H groups in total. The fourth-order valence-electron chi connectivity index (χ4n) is 2.69. The molecule has 0 fully saturated rings. The van der Waals surface area contributed by atoms with Gasteiger partial charge in [-0.3, -0.25) is 4.79 Å². The van der Waals surface area contributed by atoms with E-state index in [1.165, 1.54) is 6.07 Å². The van der Waals surface area contributed by atoms with Crippen LogP contribution in [0.1, 0.15) is 19.4 Å². The minimum Gasteiger partial charge on any atom is -0.478 e. The van der Waals surface area contributed by atoms with Crippen molar-refractivity contribution in [3.63, 3.8) is 0 Å². The Hall–Kier alpha value is -2.56. The van der Waals surface area contributed by atoms with E-state index >= 15 is 0 Å². The molecule has 1 aliphatic rings. The number of anilines is 2. The minimum atomic E-state index is -0.585. The summed E-state index contributed by atoms with van der Waals surface area (Å²) in [7, 11) is 0. The lowest BCUT2D eigenvalue weighted by Crippen LogP contribution is -2.48. The number of amides is 1. The van der Waals surface area contributed by atoms with Gasteiger partial charge in [-0.1, -0.05) is 32.0 Å². The Morgan fingerprint density at radius 1 is 1.26 bits per heavy atom. The highest BCUT2D eigenvalue weighted by Gasteiger charge is 2.36. The van der Waals surface area contributed by atoms with Gasteiger partial charge in [0.1, 0.15) is 11.6 Å². The molecule has 0 aromatic heterocycles. The number of benzene rings is 2. The molecule has 0 radical (unpaired) electrons. The molecule has 1 aliphatic heterocycles. The molecule has 3 rings (SSSR count). The number of hydrogen-bond acceptors (Lipinski definition) is 3. The first-order valence-electron chi connectivity index (χ1n) is 7.58. The van der Waals surface area contributed by atoms with E-state index < -0.39 is 6.10 Å². The van der Waals surface area contributed by atoms with E-state index in [0.29, 0.717) is 22.7 Å². The van der Waals surface area contributed by atoms with Gasteiger partial charge in [-0.2, -0.15) is 0 Å². The summed E-state index contributed by atoms with van der Waals surface area (Å²) in [5.41, 5.74) is 7.40. The number of nitrogens with two attached hydrogens (primary N) is 1. The number of carbonyl (C=O) groups excluding carboxylic acids is 1. The molecule has 0 saturated heterocycles. The van der Waals surface area contributed by atoms with E-state index in [2.05, 4.69) is 0 Å². The molecule has 0 unspecified atom stereocenters. The lowest BCUT2D eigenvalue weighted by molar-refractivity contribution is -0.128. The van der Waals surface area contributed by atoms with Crippen LogP contribution in [0, 0.1) is 11.7 Å². The van der Waals surface area contributed by atoms with Crippen molar-refractivity contribution in [2.75, 3.05) is 10.6 Å². The molecule has 0 saturated carbocycles. The maximum Gasteiger partial charge on any atom is 0.268 e. The average molecular weight is 314 g/mol. The predicted molar refractivity (Wildman–Crippen MR) is 87.7 cm³/mol. The van der Waals surface area contributed by atoms with E-state index in [0.717, 1.165) is 0 Å². The molecule has 1 atom stereocenters. The quantitative estimate of drug-likeness (QED) is 0.884. The highest BCUT2D eigenvalue weighted by Crippen LogP contribution is 2.38. The summed E-state index contributed by atoms with van der Waals surface area (Å²) in [5.74, 6) is 0.0878. The SMILES string of the molecule is CC(C)[C@H]1Oc2ccc(N)cc2N(Cc2ccccc2F)C1=O. The molecular formula is C18H19FN2O2. The van der Waals surface area contributed by atoms with Gasteiger partial charge in [0.2, 0.25) is 0 Å². The Morgan fingerprint density at radius 3 is 2.70 bits per heavy atom. The summed E-state index contributed by atoms with van der Waals surface area (Å²) >= 11 is 0. The normalized spacial score (nSPS) is 17.1. The van der Waals surface area contributed by atoms with E-state index in [1.807, 2.05) is 13.8 Å². The van der Waals surface area contributed by atoms with Crippen LogP contribution in [0.25, 0.3) is 0 Å². The lowest BCUT2D eigenvalue weighted by atomic mass is 10.0. The number of hydrogen-bond donors (Lipinski definition) is 1. The summed E-state index contributed by atoms with van der Waals surface area (Å²) in [6.07, 6.45) is -0.585. The molecule has 0 bridgehead atoms. The Balaban J connectivity index is 2.04. The fourth-order valence-corrected chi connectivity index (χ4v) is 2.69. The molecule has 0 aliphatic carbocycles. The van der Waals surface area contributed by atoms with Crippen LogP contribution >= 0.6 is 0 Å². The summed E-state index contributed by atoms with van der Waals surface area (Å²) in [5, 5.41) is 0. The zero-order valence-corrected chi connectivity index (χ0v) is 13.1. The molecule has 1 amide bonds. The summed E-state index contributed by atoms with van der Waals surface area (Å²) < 4.78 is 19.8. The van der Waals surface area contributed by atoms with Crippen LogP contribution in [0.15, 0.2) is 42.5 Å². The van der Waals surface area contributed by atoms with Gasteiger partial charge >= 0.3 is 0 Å². The predicted octanol–water partition coefficient (Wildman–Crippen LogP) is 3.36. The van der Waals surface area contributed by atoms with E-state index in [4.69, 9.17) is 10.5 Å². The summed E-state index contributed by atoms with van der Waals surface area (Å²) in [6.45, 7) is 3.99. The van der Waals surface area contributed by atoms with Gasteiger partial charge in [0, 0.05) is 11.3 Å². The van der Waals surface area contributed by atoms with Gasteiger partial charge in [-0.25, -0.2) is 4.39 Å². The van der Waals surface area contributed by atoms with Gasteiger partial charge in [-0.05, 0) is 30.2 Å². The molecule has 2 aromatic rings. The Kier molecular flexibility index (Phi) is 3.94. The molecule has 2 aromatic carbocycles. The first-order valence-corrected chi connectivity index (χ1v) is 7.58. The third-order valence-corrected chi connectivity index (χ3v) is 3.93. The zero-order valence-electron chi connectivity index (χ0n) is 13.1. The van der Waals surface area contributed by atoms with Gasteiger partial charge in [0.25, 0.3) is 5.91 Å². The number of fused-ring (bicyclic) bond motifs is 1. The number of nitrogen functional groups attached to an aromatic ring is 1. The van der Waals surface area contributed by atoms with Crippen molar-refractivity contribution in [3.05, 3.63) is 53.8 Å². The monoisotopic (exact) mass is 314 g/mol. The van der Waals surface area contributed by atoms with Crippen LogP contribution in [0.3, 0.4) is 0 Å². The molecule has 120 valence electrons. The summed E-state index contributed by atoms with van der Waals surface area (Å²) in [4.78, 5) is 14.3. The number of halogens is 1. The number of ether oxygens (including phenoxy) is 1. The third-order valence-electron chi connectivity index (χ3n) is 3.93. The Bertz CT molecular complexity index is 746. The van der Waals surface area contributed by atoms with Crippen molar-refractivity contribution in [3.8, 4) is 5.75 Å². The second-order valence-corrected chi connectivity index (χ2v) is 6.03. The third kappa shape index (κ3) is 2.86. The van der Waals surface area contributed by atoms with Crippen molar-refractivity contribution in [1.29, 1.82) is 0 Å². The second kappa shape index (κ2) is 5.91. The smallest absolute Gasteiger partial charge is 0.268 e. The van der Waals surface area contributed by atoms with Crippen LogP contribution in [-0.4, -0.2) is 12.0 Å². The molecule has 4 nitrogen and oxygen atoms in total. The van der Waals surface area contributed by atoms with Crippen LogP contribution in [-0.2, 0) is 11.3 Å². The van der Waals surface area contributed by atoms with Crippen molar-refractivity contribution in [2.45, 2.75) is 26.5 Å². The highest BCUT2D eigenvalue weighted by atomic mass is 19.1. The molecule has 5 heteroatoms. The minimum absolute atomic E-state index is 0.0105. The van der Waals surface area contributed by atoms with Gasteiger partial charge in [-0.15, -0.1) is 0 Å². The number of rotatable bonds is 3. The largest absolute Gasteiger partial charge is 0.478 e. The fraction of sp³-hybridized carbons (Fsp3) is 0.278. The van der Waals surface area contributed by atoms with Crippen molar-refractivity contribution >= 4 is 17.3 Å². The molecule has 0 spiro atoms. The molecule has 23 heavy (non-hydrogen) atoms.